The molecule has 0 spiro atoms. The van der Waals surface area contributed by atoms with Gasteiger partial charge in [-0.1, -0.05) is 13.8 Å². The van der Waals surface area contributed by atoms with Crippen LogP contribution in [0.15, 0.2) is 0 Å². The van der Waals surface area contributed by atoms with Crippen LogP contribution in [0.5, 0.6) is 0 Å². The summed E-state index contributed by atoms with van der Waals surface area (Å²) in [5.74, 6) is 0.150. The summed E-state index contributed by atoms with van der Waals surface area (Å²) in [4.78, 5) is 24.0. The topological polar surface area (TPSA) is 49.4 Å². The minimum Gasteiger partial charge on any atom is -0.346 e. The van der Waals surface area contributed by atoms with E-state index in [-0.39, 0.29) is 24.2 Å². The number of hydrogen-bond acceptors (Lipinski definition) is 2. The van der Waals surface area contributed by atoms with E-state index < -0.39 is 0 Å². The van der Waals surface area contributed by atoms with E-state index in [4.69, 9.17) is 11.6 Å². The van der Waals surface area contributed by atoms with Crippen molar-refractivity contribution in [3.63, 3.8) is 0 Å². The first kappa shape index (κ1) is 15.2. The smallest absolute Gasteiger partial charge is 0.241 e. The van der Waals surface area contributed by atoms with Gasteiger partial charge < -0.3 is 10.2 Å². The van der Waals surface area contributed by atoms with E-state index in [2.05, 4.69) is 19.2 Å². The largest absolute Gasteiger partial charge is 0.346 e. The minimum absolute atomic E-state index is 0.0315. The maximum absolute atomic E-state index is 11.5. The monoisotopic (exact) mass is 248 g/mol. The minimum atomic E-state index is -0.314. The molecule has 0 rings (SSSR count). The number of nitrogens with zero attached hydrogens (tertiary/aromatic N) is 1. The average Bonchev–Trinajstić information content (AvgIpc) is 2.24. The van der Waals surface area contributed by atoms with Crippen LogP contribution in [0.2, 0.25) is 0 Å². The molecule has 0 heterocycles. The number of likely N-dealkylation sites (N-methyl/N-ethyl adjacent to an activating group) is 1. The second kappa shape index (κ2) is 8.39. The molecule has 5 heteroatoms. The van der Waals surface area contributed by atoms with Crippen molar-refractivity contribution >= 4 is 23.4 Å². The van der Waals surface area contributed by atoms with Crippen molar-refractivity contribution in [2.45, 2.75) is 26.7 Å². The van der Waals surface area contributed by atoms with Crippen molar-refractivity contribution in [2.75, 3.05) is 26.0 Å². The van der Waals surface area contributed by atoms with Gasteiger partial charge in [0.15, 0.2) is 0 Å². The molecular weight excluding hydrogens is 228 g/mol. The maximum Gasteiger partial charge on any atom is 0.241 e. The molecule has 0 aliphatic rings. The number of carbonyl (C=O) groups is 2. The van der Waals surface area contributed by atoms with Gasteiger partial charge in [0.05, 0.1) is 6.54 Å². The quantitative estimate of drug-likeness (QED) is 0.689. The van der Waals surface area contributed by atoms with Gasteiger partial charge in [-0.15, -0.1) is 11.6 Å². The van der Waals surface area contributed by atoms with Crippen LogP contribution in [0.1, 0.15) is 26.7 Å². The predicted molar refractivity (Wildman–Crippen MR) is 65.4 cm³/mol. The molecule has 16 heavy (non-hydrogen) atoms. The van der Waals surface area contributed by atoms with Gasteiger partial charge >= 0.3 is 0 Å². The van der Waals surface area contributed by atoms with E-state index in [1.807, 2.05) is 0 Å². The Bertz CT molecular complexity index is 232. The average molecular weight is 249 g/mol. The summed E-state index contributed by atoms with van der Waals surface area (Å²) in [5.41, 5.74) is 0. The number of hydrogen-bond donors (Lipinski definition) is 1. The summed E-state index contributed by atoms with van der Waals surface area (Å²) in [6.07, 6.45) is 2.09. The second-order valence-corrected chi connectivity index (χ2v) is 4.53. The van der Waals surface area contributed by atoms with Crippen LogP contribution in [-0.2, 0) is 9.59 Å². The number of carbonyl (C=O) groups excluding carboxylic acids is 2. The summed E-state index contributed by atoms with van der Waals surface area (Å²) in [6.45, 7) is 5.07. The molecule has 0 aliphatic carbocycles. The van der Waals surface area contributed by atoms with Gasteiger partial charge in [-0.2, -0.15) is 0 Å². The van der Waals surface area contributed by atoms with E-state index in [1.54, 1.807) is 11.9 Å². The van der Waals surface area contributed by atoms with Crippen LogP contribution in [0.3, 0.4) is 0 Å². The van der Waals surface area contributed by atoms with Gasteiger partial charge in [-0.3, -0.25) is 9.59 Å². The van der Waals surface area contributed by atoms with Crippen molar-refractivity contribution in [2.24, 2.45) is 5.92 Å². The summed E-state index contributed by atoms with van der Waals surface area (Å²) < 4.78 is 0. The van der Waals surface area contributed by atoms with Crippen LogP contribution in [0, 0.1) is 5.92 Å². The Kier molecular flexibility index (Phi) is 7.99. The zero-order valence-corrected chi connectivity index (χ0v) is 11.0. The Morgan fingerprint density at radius 3 is 2.50 bits per heavy atom. The van der Waals surface area contributed by atoms with Gasteiger partial charge in [0.1, 0.15) is 5.88 Å². The highest BCUT2D eigenvalue weighted by molar-refractivity contribution is 6.27. The Morgan fingerprint density at radius 2 is 2.00 bits per heavy atom. The SMILES string of the molecule is CC(C)CCCN(C)C(=O)CNC(=O)CCl. The molecule has 1 N–H and O–H groups in total. The molecule has 0 aromatic heterocycles. The second-order valence-electron chi connectivity index (χ2n) is 4.26. The number of nitrogens with one attached hydrogen (secondary N) is 1. The lowest BCUT2D eigenvalue weighted by Gasteiger charge is -2.17. The Labute approximate surface area is 102 Å². The van der Waals surface area contributed by atoms with Gasteiger partial charge in [-0.05, 0) is 18.8 Å². The Balaban J connectivity index is 3.69. The predicted octanol–water partition coefficient (Wildman–Crippen LogP) is 1.24. The molecule has 0 unspecified atom stereocenters. The summed E-state index contributed by atoms with van der Waals surface area (Å²) in [5, 5.41) is 2.45. The van der Waals surface area contributed by atoms with Gasteiger partial charge in [0.2, 0.25) is 11.8 Å². The third-order valence-corrected chi connectivity index (χ3v) is 2.50. The van der Waals surface area contributed by atoms with E-state index in [0.29, 0.717) is 5.92 Å². The molecule has 2 amide bonds. The fourth-order valence-electron chi connectivity index (χ4n) is 1.22. The number of alkyl halides is 1. The highest BCUT2D eigenvalue weighted by Gasteiger charge is 2.09. The number of amides is 2. The molecule has 4 nitrogen and oxygen atoms in total. The van der Waals surface area contributed by atoms with Crippen molar-refractivity contribution in [1.82, 2.24) is 10.2 Å². The molecule has 94 valence electrons. The number of halogens is 1. The lowest BCUT2D eigenvalue weighted by Crippen LogP contribution is -2.39. The maximum atomic E-state index is 11.5. The third-order valence-electron chi connectivity index (χ3n) is 2.26. The highest BCUT2D eigenvalue weighted by atomic mass is 35.5. The van der Waals surface area contributed by atoms with Crippen LogP contribution < -0.4 is 5.32 Å². The molecule has 0 radical (unpaired) electrons. The number of rotatable bonds is 7. The zero-order valence-electron chi connectivity index (χ0n) is 10.3. The fourth-order valence-corrected chi connectivity index (χ4v) is 1.31. The molecule has 0 saturated carbocycles. The van der Waals surface area contributed by atoms with Crippen molar-refractivity contribution in [1.29, 1.82) is 0 Å². The molecule has 0 aromatic carbocycles. The third kappa shape index (κ3) is 7.51. The van der Waals surface area contributed by atoms with Gasteiger partial charge in [-0.25, -0.2) is 0 Å². The normalized spacial score (nSPS) is 10.3. The van der Waals surface area contributed by atoms with E-state index in [1.165, 1.54) is 0 Å². The Morgan fingerprint density at radius 1 is 1.38 bits per heavy atom. The lowest BCUT2D eigenvalue weighted by molar-refractivity contribution is -0.131. The van der Waals surface area contributed by atoms with Crippen LogP contribution in [0.4, 0.5) is 0 Å². The Hall–Kier alpha value is -0.770. The molecule has 0 aromatic rings. The lowest BCUT2D eigenvalue weighted by atomic mass is 10.1. The first-order valence-electron chi connectivity index (χ1n) is 5.54. The molecule has 0 atom stereocenters. The molecule has 0 aliphatic heterocycles. The van der Waals surface area contributed by atoms with E-state index in [9.17, 15) is 9.59 Å². The van der Waals surface area contributed by atoms with E-state index in [0.717, 1.165) is 19.4 Å². The van der Waals surface area contributed by atoms with Crippen LogP contribution >= 0.6 is 11.6 Å². The van der Waals surface area contributed by atoms with Crippen molar-refractivity contribution in [3.05, 3.63) is 0 Å². The summed E-state index contributed by atoms with van der Waals surface area (Å²) in [6, 6.07) is 0. The van der Waals surface area contributed by atoms with Crippen LogP contribution in [-0.4, -0.2) is 42.7 Å². The summed E-state index contributed by atoms with van der Waals surface area (Å²) >= 11 is 5.30. The summed E-state index contributed by atoms with van der Waals surface area (Å²) in [7, 11) is 1.75. The zero-order chi connectivity index (χ0) is 12.6. The van der Waals surface area contributed by atoms with E-state index >= 15 is 0 Å². The molecular formula is C11H21ClN2O2. The fraction of sp³-hybridized carbons (Fsp3) is 0.818. The molecule has 0 saturated heterocycles. The molecule has 0 bridgehead atoms. The standard InChI is InChI=1S/C11H21ClN2O2/c1-9(2)5-4-6-14(3)11(16)8-13-10(15)7-12/h9H,4-8H2,1-3H3,(H,13,15). The van der Waals surface area contributed by atoms with Crippen molar-refractivity contribution in [3.8, 4) is 0 Å². The van der Waals surface area contributed by atoms with Crippen LogP contribution in [0.25, 0.3) is 0 Å². The first-order valence-corrected chi connectivity index (χ1v) is 6.07. The highest BCUT2D eigenvalue weighted by Crippen LogP contribution is 2.03. The first-order chi connectivity index (χ1) is 7.47. The van der Waals surface area contributed by atoms with Gasteiger partial charge in [0, 0.05) is 13.6 Å². The van der Waals surface area contributed by atoms with Gasteiger partial charge in [0.25, 0.3) is 0 Å². The molecule has 0 fully saturated rings. The van der Waals surface area contributed by atoms with Crippen molar-refractivity contribution < 1.29 is 9.59 Å².